The number of ether oxygens (including phenoxy) is 19. The van der Waals surface area contributed by atoms with E-state index in [1.807, 2.05) is 0 Å². The van der Waals surface area contributed by atoms with Gasteiger partial charge in [-0.2, -0.15) is 8.42 Å². The Kier molecular flexibility index (Phi) is 50.7. The minimum Gasteiger partial charge on any atom is -0.460 e. The van der Waals surface area contributed by atoms with Gasteiger partial charge in [-0.1, -0.05) is 19.9 Å². The molecular formula is C68H115N5O29S. The van der Waals surface area contributed by atoms with Crippen LogP contribution in [-0.4, -0.2) is 333 Å². The Balaban J connectivity index is 1.16. The van der Waals surface area contributed by atoms with Crippen molar-refractivity contribution < 1.29 is 137 Å². The molecule has 0 bridgehead atoms. The fraction of sp³-hybridized carbons (Fsp3) is 0.779. The van der Waals surface area contributed by atoms with Crippen LogP contribution >= 0.6 is 0 Å². The molecule has 0 aromatic heterocycles. The Hall–Kier alpha value is -5.36. The van der Waals surface area contributed by atoms with E-state index in [-0.39, 0.29) is 32.4 Å². The lowest BCUT2D eigenvalue weighted by molar-refractivity contribution is -0.154. The maximum absolute atomic E-state index is 13.7. The number of methoxy groups -OCH3 is 1. The van der Waals surface area contributed by atoms with Gasteiger partial charge in [0.15, 0.2) is 0 Å². The Labute approximate surface area is 605 Å². The molecule has 4 N–H and O–H groups in total. The number of imide groups is 1. The van der Waals surface area contributed by atoms with Gasteiger partial charge in [0.25, 0.3) is 21.9 Å². The number of nitrogens with one attached hydrogen (secondary N) is 3. The highest BCUT2D eigenvalue weighted by Crippen LogP contribution is 2.27. The number of hydrogen-bond acceptors (Lipinski definition) is 28. The van der Waals surface area contributed by atoms with Crippen LogP contribution in [0.1, 0.15) is 65.5 Å². The maximum atomic E-state index is 13.7. The summed E-state index contributed by atoms with van der Waals surface area (Å²) in [5.74, 6) is -5.91. The average Bonchev–Trinajstić information content (AvgIpc) is 1.64. The number of anilines is 1. The molecule has 3 unspecified atom stereocenters. The second-order valence-corrected chi connectivity index (χ2v) is 26.1. The predicted octanol–water partition coefficient (Wildman–Crippen LogP) is 0.961. The molecule has 1 fully saturated rings. The van der Waals surface area contributed by atoms with Crippen molar-refractivity contribution in [1.82, 2.24) is 20.4 Å². The summed E-state index contributed by atoms with van der Waals surface area (Å²) in [7, 11) is -2.73. The SMILES string of the molecule is COCCOCCOCCOCCOCCOCCOCOCCOCCOCCOCCOCCOCCOCCOCCOCCOCCCc1cc(NC(=O)[C@H](C)NC(=O)C(NC(=O)CN2C(=O)C(N3C(=O)C=CC3=O)CC2COCCS(=O)(=O)O)C(C)C)ccc1COC(=O)C(C)(C)C. The summed E-state index contributed by atoms with van der Waals surface area (Å²) in [5.41, 5.74) is 1.18. The van der Waals surface area contributed by atoms with Crippen molar-refractivity contribution in [2.75, 3.05) is 250 Å². The van der Waals surface area contributed by atoms with Gasteiger partial charge < -0.3 is 111 Å². The molecule has 1 saturated heterocycles. The van der Waals surface area contributed by atoms with E-state index in [2.05, 4.69) is 16.0 Å². The van der Waals surface area contributed by atoms with E-state index in [0.29, 0.717) is 223 Å². The van der Waals surface area contributed by atoms with Crippen LogP contribution < -0.4 is 16.0 Å². The molecule has 34 nitrogen and oxygen atoms in total. The molecule has 0 spiro atoms. The first-order valence-electron chi connectivity index (χ1n) is 34.9. The molecule has 0 radical (unpaired) electrons. The van der Waals surface area contributed by atoms with E-state index in [1.165, 1.54) is 6.92 Å². The van der Waals surface area contributed by atoms with E-state index < -0.39 is 100.0 Å². The average molecular weight is 1500 g/mol. The van der Waals surface area contributed by atoms with Gasteiger partial charge in [0, 0.05) is 38.0 Å². The van der Waals surface area contributed by atoms with Crippen LogP contribution in [0.5, 0.6) is 0 Å². The Morgan fingerprint density at radius 1 is 0.534 bits per heavy atom. The largest absolute Gasteiger partial charge is 0.460 e. The van der Waals surface area contributed by atoms with Gasteiger partial charge in [0.2, 0.25) is 23.6 Å². The van der Waals surface area contributed by atoms with Crippen LogP contribution in [0.2, 0.25) is 0 Å². The summed E-state index contributed by atoms with van der Waals surface area (Å²) in [6.45, 7) is 22.6. The minimum atomic E-state index is -4.37. The molecule has 2 heterocycles. The first-order valence-corrected chi connectivity index (χ1v) is 36.5. The van der Waals surface area contributed by atoms with Crippen molar-refractivity contribution in [3.8, 4) is 0 Å². The zero-order valence-electron chi connectivity index (χ0n) is 61.2. The normalized spacial score (nSPS) is 15.4. The van der Waals surface area contributed by atoms with Crippen molar-refractivity contribution in [2.24, 2.45) is 11.3 Å². The molecule has 2 aliphatic rings. The van der Waals surface area contributed by atoms with Crippen molar-refractivity contribution in [2.45, 2.75) is 91.6 Å². The summed E-state index contributed by atoms with van der Waals surface area (Å²) < 4.78 is 136. The number of hydrogen-bond donors (Lipinski definition) is 4. The lowest BCUT2D eigenvalue weighted by atomic mass is 9.97. The summed E-state index contributed by atoms with van der Waals surface area (Å²) in [5, 5.41) is 8.07. The van der Waals surface area contributed by atoms with Gasteiger partial charge in [-0.3, -0.25) is 43.0 Å². The molecule has 592 valence electrons. The standard InChI is InChI=1S/C68H115N5O29S/c1-53(2)63(71-60(74)49-72-58(51-99-45-46-103(81,82)83)48-59(66(72)79)73-61(75)12-13-62(73)76)65(78)69-54(3)64(77)70-57-11-10-56(50-102-67(80)68(4,5)6)55(47-57)9-8-14-85-17-18-87-21-22-89-25-26-91-27-28-92-29-30-93-31-32-94-34-36-96-38-40-98-42-44-101-52-100-43-41-97-39-37-95-35-33-90-24-23-88-20-19-86-16-15-84-7/h10-13,47,53-54,58-59,63H,8-9,14-46,48-52H2,1-7H3,(H,69,78)(H,70,77)(H,71,74)(H,81,82,83)/t54-,58?,59?,63?/m0/s1. The number of rotatable bonds is 67. The monoisotopic (exact) mass is 1500 g/mol. The lowest BCUT2D eigenvalue weighted by Crippen LogP contribution is -2.56. The van der Waals surface area contributed by atoms with E-state index >= 15 is 0 Å². The Morgan fingerprint density at radius 2 is 0.942 bits per heavy atom. The second kappa shape index (κ2) is 56.9. The van der Waals surface area contributed by atoms with Crippen LogP contribution in [0, 0.1) is 11.3 Å². The molecule has 103 heavy (non-hydrogen) atoms. The number of likely N-dealkylation sites (tertiary alicyclic amines) is 1. The van der Waals surface area contributed by atoms with Gasteiger partial charge >= 0.3 is 5.97 Å². The van der Waals surface area contributed by atoms with Gasteiger partial charge in [0.1, 0.15) is 31.5 Å². The number of carbonyl (C=O) groups is 7. The zero-order valence-corrected chi connectivity index (χ0v) is 62.1. The minimum absolute atomic E-state index is 0.00826. The topological polar surface area (TPSA) is 392 Å². The van der Waals surface area contributed by atoms with Gasteiger partial charge in [-0.25, -0.2) is 0 Å². The van der Waals surface area contributed by atoms with E-state index in [0.717, 1.165) is 33.1 Å². The third-order valence-corrected chi connectivity index (χ3v) is 15.5. The van der Waals surface area contributed by atoms with E-state index in [1.54, 1.807) is 59.9 Å². The molecule has 0 saturated carbocycles. The number of benzene rings is 1. The zero-order chi connectivity index (χ0) is 75.2. The van der Waals surface area contributed by atoms with Crippen molar-refractivity contribution in [1.29, 1.82) is 0 Å². The number of aryl methyl sites for hydroxylation is 1. The quantitative estimate of drug-likeness (QED) is 0.0232. The van der Waals surface area contributed by atoms with Crippen molar-refractivity contribution >= 4 is 57.2 Å². The van der Waals surface area contributed by atoms with Crippen LogP contribution in [0.15, 0.2) is 30.4 Å². The Bertz CT molecular complexity index is 2640. The highest BCUT2D eigenvalue weighted by Gasteiger charge is 2.47. The van der Waals surface area contributed by atoms with E-state index in [9.17, 15) is 42.0 Å². The molecule has 1 aromatic rings. The lowest BCUT2D eigenvalue weighted by Gasteiger charge is -2.27. The maximum Gasteiger partial charge on any atom is 0.311 e. The summed E-state index contributed by atoms with van der Waals surface area (Å²) in [6.07, 6.45) is 2.96. The molecule has 3 rings (SSSR count). The molecule has 1 aromatic carbocycles. The number of carbonyl (C=O) groups excluding carboxylic acids is 7. The molecule has 2 aliphatic heterocycles. The van der Waals surface area contributed by atoms with Gasteiger partial charge in [-0.05, 0) is 69.7 Å². The molecule has 6 amide bonds. The number of esters is 1. The van der Waals surface area contributed by atoms with E-state index in [4.69, 9.17) is 94.6 Å². The molecular weight excluding hydrogens is 1380 g/mol. The molecule has 0 aliphatic carbocycles. The highest BCUT2D eigenvalue weighted by atomic mass is 32.2. The first-order chi connectivity index (χ1) is 49.6. The third kappa shape index (κ3) is 44.4. The molecule has 4 atom stereocenters. The molecule has 35 heteroatoms. The summed E-state index contributed by atoms with van der Waals surface area (Å²) in [6, 6.07) is 0.673. The van der Waals surface area contributed by atoms with Crippen molar-refractivity contribution in [3.05, 3.63) is 41.5 Å². The number of amides is 6. The third-order valence-electron chi connectivity index (χ3n) is 14.8. The Morgan fingerprint density at radius 3 is 1.34 bits per heavy atom. The number of nitrogens with zero attached hydrogens (tertiary/aromatic N) is 2. The van der Waals surface area contributed by atoms with Crippen LogP contribution in [0.25, 0.3) is 0 Å². The van der Waals surface area contributed by atoms with Crippen molar-refractivity contribution in [3.63, 3.8) is 0 Å². The summed E-state index contributed by atoms with van der Waals surface area (Å²) in [4.78, 5) is 94.0. The van der Waals surface area contributed by atoms with Gasteiger partial charge in [-0.15, -0.1) is 0 Å². The van der Waals surface area contributed by atoms with Crippen LogP contribution in [0.4, 0.5) is 5.69 Å². The summed E-state index contributed by atoms with van der Waals surface area (Å²) >= 11 is 0. The van der Waals surface area contributed by atoms with Gasteiger partial charge in [0.05, 0.1) is 235 Å². The second-order valence-electron chi connectivity index (χ2n) is 24.5. The highest BCUT2D eigenvalue weighted by molar-refractivity contribution is 7.85. The fourth-order valence-electron chi connectivity index (χ4n) is 9.27. The fourth-order valence-corrected chi connectivity index (χ4v) is 9.60. The smallest absolute Gasteiger partial charge is 0.311 e. The predicted molar refractivity (Wildman–Crippen MR) is 369 cm³/mol. The first kappa shape index (κ1) is 91.8. The van der Waals surface area contributed by atoms with Crippen LogP contribution in [0.3, 0.4) is 0 Å². The van der Waals surface area contributed by atoms with Crippen LogP contribution in [-0.2, 0) is 147 Å².